The number of rotatable bonds is 5. The SMILES string of the molecule is NC(=O)c1ccc(CNC(=O)[C@@H]2C[C@H]2c2cccc(Br)c2)cc1. The second kappa shape index (κ2) is 6.54. The van der Waals surface area contributed by atoms with Gasteiger partial charge < -0.3 is 11.1 Å². The Bertz CT molecular complexity index is 743. The van der Waals surface area contributed by atoms with Crippen LogP contribution < -0.4 is 11.1 Å². The lowest BCUT2D eigenvalue weighted by Crippen LogP contribution is -2.25. The number of benzene rings is 2. The summed E-state index contributed by atoms with van der Waals surface area (Å²) in [5.41, 5.74) is 7.82. The van der Waals surface area contributed by atoms with Gasteiger partial charge in [-0.1, -0.05) is 40.2 Å². The average molecular weight is 373 g/mol. The molecule has 0 radical (unpaired) electrons. The maximum Gasteiger partial charge on any atom is 0.248 e. The third-order valence-electron chi connectivity index (χ3n) is 4.11. The lowest BCUT2D eigenvalue weighted by molar-refractivity contribution is -0.122. The number of carbonyl (C=O) groups is 2. The van der Waals surface area contributed by atoms with Crippen LogP contribution in [0.15, 0.2) is 53.0 Å². The zero-order valence-corrected chi connectivity index (χ0v) is 14.0. The van der Waals surface area contributed by atoms with Crippen LogP contribution in [0, 0.1) is 5.92 Å². The minimum atomic E-state index is -0.449. The highest BCUT2D eigenvalue weighted by Crippen LogP contribution is 2.47. The second-order valence-electron chi connectivity index (χ2n) is 5.78. The molecule has 118 valence electrons. The van der Waals surface area contributed by atoms with Gasteiger partial charge in [-0.15, -0.1) is 0 Å². The third kappa shape index (κ3) is 3.79. The molecule has 0 aromatic heterocycles. The lowest BCUT2D eigenvalue weighted by Gasteiger charge is -2.06. The van der Waals surface area contributed by atoms with Gasteiger partial charge in [0, 0.05) is 22.5 Å². The molecule has 0 bridgehead atoms. The van der Waals surface area contributed by atoms with Gasteiger partial charge in [0.15, 0.2) is 0 Å². The van der Waals surface area contributed by atoms with Crippen molar-refractivity contribution in [1.29, 1.82) is 0 Å². The van der Waals surface area contributed by atoms with Crippen LogP contribution in [0.1, 0.15) is 33.8 Å². The van der Waals surface area contributed by atoms with E-state index in [1.165, 1.54) is 5.56 Å². The second-order valence-corrected chi connectivity index (χ2v) is 6.70. The van der Waals surface area contributed by atoms with Crippen molar-refractivity contribution < 1.29 is 9.59 Å². The number of carbonyl (C=O) groups excluding carboxylic acids is 2. The number of hydrogen-bond acceptors (Lipinski definition) is 2. The van der Waals surface area contributed by atoms with Crippen molar-refractivity contribution in [3.63, 3.8) is 0 Å². The molecular weight excluding hydrogens is 356 g/mol. The molecule has 1 aliphatic rings. The van der Waals surface area contributed by atoms with Crippen LogP contribution in [0.5, 0.6) is 0 Å². The van der Waals surface area contributed by atoms with E-state index in [2.05, 4.69) is 33.4 Å². The molecule has 0 heterocycles. The van der Waals surface area contributed by atoms with Gasteiger partial charge in [0.1, 0.15) is 0 Å². The molecular formula is C18H17BrN2O2. The first-order valence-corrected chi connectivity index (χ1v) is 8.26. The summed E-state index contributed by atoms with van der Waals surface area (Å²) in [5, 5.41) is 2.96. The predicted molar refractivity (Wildman–Crippen MR) is 91.8 cm³/mol. The van der Waals surface area contributed by atoms with Crippen molar-refractivity contribution in [2.45, 2.75) is 18.9 Å². The summed E-state index contributed by atoms with van der Waals surface area (Å²) in [6, 6.07) is 15.1. The third-order valence-corrected chi connectivity index (χ3v) is 4.60. The van der Waals surface area contributed by atoms with E-state index in [1.807, 2.05) is 12.1 Å². The number of amides is 2. The minimum absolute atomic E-state index is 0.0502. The van der Waals surface area contributed by atoms with Gasteiger partial charge in [0.2, 0.25) is 11.8 Å². The molecule has 1 aliphatic carbocycles. The number of nitrogens with one attached hydrogen (secondary N) is 1. The van der Waals surface area contributed by atoms with Gasteiger partial charge in [0.05, 0.1) is 0 Å². The van der Waals surface area contributed by atoms with E-state index in [9.17, 15) is 9.59 Å². The molecule has 2 atom stereocenters. The van der Waals surface area contributed by atoms with Gasteiger partial charge in [0.25, 0.3) is 0 Å². The molecule has 3 rings (SSSR count). The first kappa shape index (κ1) is 15.7. The van der Waals surface area contributed by atoms with Crippen molar-refractivity contribution >= 4 is 27.7 Å². The number of nitrogens with two attached hydrogens (primary N) is 1. The Balaban J connectivity index is 1.53. The maximum absolute atomic E-state index is 12.2. The van der Waals surface area contributed by atoms with Gasteiger partial charge in [-0.3, -0.25) is 9.59 Å². The Hall–Kier alpha value is -2.14. The molecule has 2 aromatic carbocycles. The molecule has 1 saturated carbocycles. The van der Waals surface area contributed by atoms with Crippen molar-refractivity contribution in [2.75, 3.05) is 0 Å². The summed E-state index contributed by atoms with van der Waals surface area (Å²) in [7, 11) is 0. The highest BCUT2D eigenvalue weighted by atomic mass is 79.9. The van der Waals surface area contributed by atoms with Crippen LogP contribution in [0.25, 0.3) is 0 Å². The van der Waals surface area contributed by atoms with Crippen LogP contribution >= 0.6 is 15.9 Å². The Morgan fingerprint density at radius 2 is 1.91 bits per heavy atom. The molecule has 0 spiro atoms. The first-order valence-electron chi connectivity index (χ1n) is 7.46. The van der Waals surface area contributed by atoms with Gasteiger partial charge >= 0.3 is 0 Å². The van der Waals surface area contributed by atoms with E-state index in [0.29, 0.717) is 18.0 Å². The molecule has 1 fully saturated rings. The fourth-order valence-corrected chi connectivity index (χ4v) is 3.11. The molecule has 0 aliphatic heterocycles. The van der Waals surface area contributed by atoms with E-state index >= 15 is 0 Å². The van der Waals surface area contributed by atoms with Crippen LogP contribution in [-0.4, -0.2) is 11.8 Å². The minimum Gasteiger partial charge on any atom is -0.366 e. The molecule has 0 unspecified atom stereocenters. The molecule has 2 amide bonds. The van der Waals surface area contributed by atoms with Crippen LogP contribution in [0.2, 0.25) is 0 Å². The van der Waals surface area contributed by atoms with E-state index in [1.54, 1.807) is 24.3 Å². The van der Waals surface area contributed by atoms with Gasteiger partial charge in [-0.2, -0.15) is 0 Å². The summed E-state index contributed by atoms with van der Waals surface area (Å²) in [6.45, 7) is 0.458. The standard InChI is InChI=1S/C18H17BrN2O2/c19-14-3-1-2-13(8-14)15-9-16(15)18(23)21-10-11-4-6-12(7-5-11)17(20)22/h1-8,15-16H,9-10H2,(H2,20,22)(H,21,23)/t15-,16+/m0/s1. The first-order chi connectivity index (χ1) is 11.0. The monoisotopic (exact) mass is 372 g/mol. The van der Waals surface area contributed by atoms with Crippen molar-refractivity contribution in [3.05, 3.63) is 69.7 Å². The van der Waals surface area contributed by atoms with Crippen molar-refractivity contribution in [1.82, 2.24) is 5.32 Å². The molecule has 23 heavy (non-hydrogen) atoms. The topological polar surface area (TPSA) is 72.2 Å². The fraction of sp³-hybridized carbons (Fsp3) is 0.222. The van der Waals surface area contributed by atoms with E-state index in [-0.39, 0.29) is 11.8 Å². The van der Waals surface area contributed by atoms with Crippen LogP contribution in [0.4, 0.5) is 0 Å². The van der Waals surface area contributed by atoms with E-state index in [0.717, 1.165) is 16.5 Å². The highest BCUT2D eigenvalue weighted by molar-refractivity contribution is 9.10. The van der Waals surface area contributed by atoms with Crippen molar-refractivity contribution in [2.24, 2.45) is 11.7 Å². The number of primary amides is 1. The quantitative estimate of drug-likeness (QED) is 0.846. The van der Waals surface area contributed by atoms with Gasteiger partial charge in [-0.05, 0) is 47.7 Å². The number of hydrogen-bond donors (Lipinski definition) is 2. The zero-order chi connectivity index (χ0) is 16.4. The molecule has 3 N–H and O–H groups in total. The summed E-state index contributed by atoms with van der Waals surface area (Å²) in [6.07, 6.45) is 0.892. The Morgan fingerprint density at radius 1 is 1.17 bits per heavy atom. The van der Waals surface area contributed by atoms with Gasteiger partial charge in [-0.25, -0.2) is 0 Å². The van der Waals surface area contributed by atoms with E-state index in [4.69, 9.17) is 5.73 Å². The lowest BCUT2D eigenvalue weighted by atomic mass is 10.1. The average Bonchev–Trinajstić information content (AvgIpc) is 3.34. The largest absolute Gasteiger partial charge is 0.366 e. The Kier molecular flexibility index (Phi) is 4.48. The predicted octanol–water partition coefficient (Wildman–Crippen LogP) is 2.97. The summed E-state index contributed by atoms with van der Waals surface area (Å²) < 4.78 is 1.04. The van der Waals surface area contributed by atoms with Crippen molar-refractivity contribution in [3.8, 4) is 0 Å². The molecule has 0 saturated heterocycles. The summed E-state index contributed by atoms with van der Waals surface area (Å²) in [5.74, 6) is -0.0108. The zero-order valence-electron chi connectivity index (χ0n) is 12.5. The van der Waals surface area contributed by atoms with Crippen LogP contribution in [0.3, 0.4) is 0 Å². The molecule has 2 aromatic rings. The maximum atomic E-state index is 12.2. The summed E-state index contributed by atoms with van der Waals surface area (Å²) >= 11 is 3.46. The number of halogens is 1. The Labute approximate surface area is 143 Å². The normalized spacial score (nSPS) is 19.2. The van der Waals surface area contributed by atoms with Crippen LogP contribution in [-0.2, 0) is 11.3 Å². The smallest absolute Gasteiger partial charge is 0.248 e. The highest BCUT2D eigenvalue weighted by Gasteiger charge is 2.43. The summed E-state index contributed by atoms with van der Waals surface area (Å²) in [4.78, 5) is 23.2. The fourth-order valence-electron chi connectivity index (χ4n) is 2.70. The molecule has 5 heteroatoms. The Morgan fingerprint density at radius 3 is 2.57 bits per heavy atom. The van der Waals surface area contributed by atoms with E-state index < -0.39 is 5.91 Å². The molecule has 4 nitrogen and oxygen atoms in total.